The van der Waals surface area contributed by atoms with Crippen LogP contribution in [-0.2, 0) is 11.3 Å². The van der Waals surface area contributed by atoms with Crippen LogP contribution in [0.5, 0.6) is 5.75 Å². The van der Waals surface area contributed by atoms with Gasteiger partial charge in [-0.15, -0.1) is 0 Å². The molecule has 1 atom stereocenters. The Morgan fingerprint density at radius 1 is 1.22 bits per heavy atom. The van der Waals surface area contributed by atoms with E-state index in [0.717, 1.165) is 11.3 Å². The van der Waals surface area contributed by atoms with Crippen LogP contribution in [0.15, 0.2) is 48.6 Å². The molecule has 1 aromatic rings. The highest BCUT2D eigenvalue weighted by atomic mass is 16.5. The van der Waals surface area contributed by atoms with Crippen LogP contribution in [-0.4, -0.2) is 24.9 Å². The zero-order valence-corrected chi connectivity index (χ0v) is 10.9. The summed E-state index contributed by atoms with van der Waals surface area (Å²) in [6.45, 7) is 2.70. The van der Waals surface area contributed by atoms with Crippen molar-refractivity contribution in [2.75, 3.05) is 13.7 Å². The van der Waals surface area contributed by atoms with Crippen LogP contribution in [0.1, 0.15) is 12.5 Å². The van der Waals surface area contributed by atoms with Gasteiger partial charge in [0.15, 0.2) is 0 Å². The molecule has 0 aromatic heterocycles. The highest BCUT2D eigenvalue weighted by Gasteiger charge is 1.99. The van der Waals surface area contributed by atoms with Gasteiger partial charge in [0.05, 0.1) is 26.4 Å². The lowest BCUT2D eigenvalue weighted by atomic mass is 10.2. The van der Waals surface area contributed by atoms with E-state index in [4.69, 9.17) is 9.47 Å². The van der Waals surface area contributed by atoms with Gasteiger partial charge in [-0.05, 0) is 24.6 Å². The second kappa shape index (κ2) is 8.50. The molecule has 3 nitrogen and oxygen atoms in total. The number of aliphatic hydroxyl groups is 1. The van der Waals surface area contributed by atoms with E-state index in [1.165, 1.54) is 0 Å². The first-order chi connectivity index (χ1) is 8.76. The van der Waals surface area contributed by atoms with E-state index in [1.807, 2.05) is 43.3 Å². The van der Waals surface area contributed by atoms with Crippen LogP contribution in [0.3, 0.4) is 0 Å². The van der Waals surface area contributed by atoms with Gasteiger partial charge in [0.2, 0.25) is 0 Å². The topological polar surface area (TPSA) is 38.7 Å². The molecular formula is C15H20O3. The molecular weight excluding hydrogens is 228 g/mol. The maximum Gasteiger partial charge on any atom is 0.118 e. The van der Waals surface area contributed by atoms with Crippen LogP contribution in [0.4, 0.5) is 0 Å². The predicted octanol–water partition coefficient (Wildman–Crippen LogP) is 2.71. The number of ether oxygens (including phenoxy) is 2. The SMILES string of the molecule is C/C=C/C=C/[C@@H](O)COCc1ccc(OC)cc1. The minimum absolute atomic E-state index is 0.292. The van der Waals surface area contributed by atoms with Crippen molar-refractivity contribution in [3.63, 3.8) is 0 Å². The van der Waals surface area contributed by atoms with Crippen LogP contribution in [0.2, 0.25) is 0 Å². The molecule has 18 heavy (non-hydrogen) atoms. The molecule has 0 heterocycles. The zero-order chi connectivity index (χ0) is 13.2. The summed E-state index contributed by atoms with van der Waals surface area (Å²) in [4.78, 5) is 0. The fourth-order valence-electron chi connectivity index (χ4n) is 1.38. The molecule has 0 aliphatic carbocycles. The predicted molar refractivity (Wildman–Crippen MR) is 72.6 cm³/mol. The third kappa shape index (κ3) is 5.66. The average Bonchev–Trinajstić information content (AvgIpc) is 2.40. The molecule has 0 aliphatic rings. The van der Waals surface area contributed by atoms with Gasteiger partial charge >= 0.3 is 0 Å². The van der Waals surface area contributed by atoms with Gasteiger partial charge < -0.3 is 14.6 Å². The van der Waals surface area contributed by atoms with Crippen molar-refractivity contribution in [1.82, 2.24) is 0 Å². The van der Waals surface area contributed by atoms with Crippen molar-refractivity contribution in [3.8, 4) is 5.75 Å². The van der Waals surface area contributed by atoms with Gasteiger partial charge in [0.25, 0.3) is 0 Å². The summed E-state index contributed by atoms with van der Waals surface area (Å²) in [6.07, 6.45) is 6.71. The summed E-state index contributed by atoms with van der Waals surface area (Å²) in [7, 11) is 1.64. The fraction of sp³-hybridized carbons (Fsp3) is 0.333. The lowest BCUT2D eigenvalue weighted by molar-refractivity contribution is 0.0503. The van der Waals surface area contributed by atoms with Crippen molar-refractivity contribution in [3.05, 3.63) is 54.1 Å². The first-order valence-electron chi connectivity index (χ1n) is 5.94. The molecule has 0 spiro atoms. The number of aliphatic hydroxyl groups excluding tert-OH is 1. The number of rotatable bonds is 7. The third-order valence-electron chi connectivity index (χ3n) is 2.35. The van der Waals surface area contributed by atoms with Gasteiger partial charge in [-0.25, -0.2) is 0 Å². The van der Waals surface area contributed by atoms with Crippen LogP contribution >= 0.6 is 0 Å². The van der Waals surface area contributed by atoms with Crippen molar-refractivity contribution >= 4 is 0 Å². The largest absolute Gasteiger partial charge is 0.497 e. The standard InChI is InChI=1S/C15H20O3/c1-3-4-5-6-14(16)12-18-11-13-7-9-15(17-2)10-8-13/h3-10,14,16H,11-12H2,1-2H3/b4-3+,6-5+/t14-/m1/s1. The highest BCUT2D eigenvalue weighted by Crippen LogP contribution is 2.11. The van der Waals surface area contributed by atoms with Gasteiger partial charge in [-0.3, -0.25) is 0 Å². The maximum atomic E-state index is 9.57. The molecule has 0 saturated carbocycles. The van der Waals surface area contributed by atoms with E-state index in [1.54, 1.807) is 19.3 Å². The molecule has 3 heteroatoms. The second-order valence-corrected chi connectivity index (χ2v) is 3.84. The first kappa shape index (κ1) is 14.5. The van der Waals surface area contributed by atoms with Gasteiger partial charge in [0.1, 0.15) is 5.75 Å². The van der Waals surface area contributed by atoms with Gasteiger partial charge in [0, 0.05) is 0 Å². The summed E-state index contributed by atoms with van der Waals surface area (Å²) in [5, 5.41) is 9.57. The molecule has 1 rings (SSSR count). The third-order valence-corrected chi connectivity index (χ3v) is 2.35. The molecule has 0 radical (unpaired) electrons. The van der Waals surface area contributed by atoms with Crippen molar-refractivity contribution in [2.45, 2.75) is 19.6 Å². The maximum absolute atomic E-state index is 9.57. The zero-order valence-electron chi connectivity index (χ0n) is 10.9. The number of methoxy groups -OCH3 is 1. The Labute approximate surface area is 108 Å². The molecule has 0 aliphatic heterocycles. The van der Waals surface area contributed by atoms with Crippen LogP contribution in [0.25, 0.3) is 0 Å². The van der Waals surface area contributed by atoms with Crippen LogP contribution in [0, 0.1) is 0 Å². The van der Waals surface area contributed by atoms with Crippen molar-refractivity contribution in [2.24, 2.45) is 0 Å². The Morgan fingerprint density at radius 2 is 1.94 bits per heavy atom. The average molecular weight is 248 g/mol. The molecule has 1 aromatic carbocycles. The fourth-order valence-corrected chi connectivity index (χ4v) is 1.38. The Hall–Kier alpha value is -1.58. The Morgan fingerprint density at radius 3 is 2.56 bits per heavy atom. The van der Waals surface area contributed by atoms with E-state index in [9.17, 15) is 5.11 Å². The van der Waals surface area contributed by atoms with E-state index >= 15 is 0 Å². The second-order valence-electron chi connectivity index (χ2n) is 3.84. The van der Waals surface area contributed by atoms with E-state index in [-0.39, 0.29) is 0 Å². The molecule has 98 valence electrons. The number of benzene rings is 1. The van der Waals surface area contributed by atoms with Crippen molar-refractivity contribution < 1.29 is 14.6 Å². The first-order valence-corrected chi connectivity index (χ1v) is 5.94. The number of hydrogen-bond donors (Lipinski definition) is 1. The lowest BCUT2D eigenvalue weighted by Gasteiger charge is -2.07. The molecule has 0 bridgehead atoms. The molecule has 1 N–H and O–H groups in total. The monoisotopic (exact) mass is 248 g/mol. The summed E-state index contributed by atoms with van der Waals surface area (Å²) in [5.41, 5.74) is 1.06. The van der Waals surface area contributed by atoms with Crippen LogP contribution < -0.4 is 4.74 Å². The summed E-state index contributed by atoms with van der Waals surface area (Å²) < 4.78 is 10.5. The molecule has 0 fully saturated rings. The van der Waals surface area contributed by atoms with Crippen molar-refractivity contribution in [1.29, 1.82) is 0 Å². The Kier molecular flexibility index (Phi) is 6.84. The quantitative estimate of drug-likeness (QED) is 0.754. The number of allylic oxidation sites excluding steroid dienone is 3. The molecule has 0 unspecified atom stereocenters. The van der Waals surface area contributed by atoms with E-state index in [0.29, 0.717) is 13.2 Å². The summed E-state index contributed by atoms with van der Waals surface area (Å²) in [5.74, 6) is 0.827. The van der Waals surface area contributed by atoms with Gasteiger partial charge in [-0.2, -0.15) is 0 Å². The Balaban J connectivity index is 2.28. The Bertz CT molecular complexity index is 379. The minimum Gasteiger partial charge on any atom is -0.497 e. The minimum atomic E-state index is -0.570. The highest BCUT2D eigenvalue weighted by molar-refractivity contribution is 5.26. The van der Waals surface area contributed by atoms with E-state index in [2.05, 4.69) is 0 Å². The lowest BCUT2D eigenvalue weighted by Crippen LogP contribution is -2.11. The van der Waals surface area contributed by atoms with E-state index < -0.39 is 6.10 Å². The smallest absolute Gasteiger partial charge is 0.118 e. The molecule has 0 amide bonds. The van der Waals surface area contributed by atoms with Gasteiger partial charge in [-0.1, -0.05) is 36.4 Å². The number of hydrogen-bond acceptors (Lipinski definition) is 3. The summed E-state index contributed by atoms with van der Waals surface area (Å²) in [6, 6.07) is 7.67. The summed E-state index contributed by atoms with van der Waals surface area (Å²) >= 11 is 0. The normalized spacial score (nSPS) is 13.3. The molecule has 0 saturated heterocycles.